The van der Waals surface area contributed by atoms with E-state index in [1.165, 1.54) is 0 Å². The zero-order valence-corrected chi connectivity index (χ0v) is 17.8. The number of nitrogens with one attached hydrogen (secondary N) is 3. The Labute approximate surface area is 183 Å². The maximum absolute atomic E-state index is 10.8. The molecule has 2 rings (SSSR count). The van der Waals surface area contributed by atoms with E-state index in [0.717, 1.165) is 34.0 Å². The molecule has 0 aliphatic carbocycles. The number of ether oxygens (including phenoxy) is 1. The molecule has 0 saturated carbocycles. The monoisotopic (exact) mass is 416 g/mol. The Morgan fingerprint density at radius 1 is 1.32 bits per heavy atom. The second-order valence-corrected chi connectivity index (χ2v) is 6.71. The Hall–Kier alpha value is -4.06. The molecule has 0 bridgehead atoms. The van der Waals surface area contributed by atoms with Gasteiger partial charge in [0.25, 0.3) is 0 Å². The van der Waals surface area contributed by atoms with Crippen LogP contribution in [-0.2, 0) is 0 Å². The molecule has 0 saturated heterocycles. The molecule has 31 heavy (non-hydrogen) atoms. The second kappa shape index (κ2) is 11.2. The predicted octanol–water partition coefficient (Wildman–Crippen LogP) is 5.93. The van der Waals surface area contributed by atoms with E-state index in [9.17, 15) is 4.91 Å². The topological polar surface area (TPSA) is 74.8 Å². The minimum absolute atomic E-state index is 0.0683. The Morgan fingerprint density at radius 3 is 2.74 bits per heavy atom. The van der Waals surface area contributed by atoms with Crippen LogP contribution in [0.25, 0.3) is 0 Å². The van der Waals surface area contributed by atoms with Crippen molar-refractivity contribution in [1.82, 2.24) is 5.32 Å². The molecule has 0 spiro atoms. The first kappa shape index (κ1) is 23.2. The van der Waals surface area contributed by atoms with Crippen molar-refractivity contribution in [2.45, 2.75) is 6.92 Å². The molecule has 3 N–H and O–H groups in total. The van der Waals surface area contributed by atoms with Gasteiger partial charge in [-0.25, -0.2) is 0 Å². The molecule has 6 heteroatoms. The molecule has 0 radical (unpaired) electrons. The molecule has 160 valence electrons. The smallest absolute Gasteiger partial charge is 0.145 e. The molecule has 0 amide bonds. The number of fused-ring (bicyclic) bond motifs is 1. The summed E-state index contributed by atoms with van der Waals surface area (Å²) in [4.78, 5) is 10.8. The standard InChI is InChI=1S/C25H28N4O2/c1-7-10-23(19(6)29-30)28-18(5)21(9-3)13-20(8-2)15-26-22-11-12-24-25(14-22)31-16-17(4)27-24/h7-14,26-28H,1-2,4-6,15-16H2,3H3/b20-13+,21-9+,23-10+. The van der Waals surface area contributed by atoms with Crippen molar-refractivity contribution in [1.29, 1.82) is 0 Å². The van der Waals surface area contributed by atoms with Crippen molar-refractivity contribution in [2.75, 3.05) is 23.8 Å². The van der Waals surface area contributed by atoms with Crippen LogP contribution in [0.1, 0.15) is 6.92 Å². The van der Waals surface area contributed by atoms with Crippen LogP contribution in [0.2, 0.25) is 0 Å². The van der Waals surface area contributed by atoms with Gasteiger partial charge >= 0.3 is 0 Å². The zero-order chi connectivity index (χ0) is 22.8. The highest BCUT2D eigenvalue weighted by Gasteiger charge is 2.12. The normalized spacial score (nSPS) is 13.8. The average molecular weight is 417 g/mol. The lowest BCUT2D eigenvalue weighted by Crippen LogP contribution is -2.15. The Kier molecular flexibility index (Phi) is 8.40. The number of benzene rings is 1. The van der Waals surface area contributed by atoms with E-state index in [-0.39, 0.29) is 5.70 Å². The van der Waals surface area contributed by atoms with Crippen LogP contribution in [0.5, 0.6) is 5.75 Å². The van der Waals surface area contributed by atoms with E-state index >= 15 is 0 Å². The number of hydrogen-bond acceptors (Lipinski definition) is 6. The molecule has 0 fully saturated rings. The number of nitrogens with zero attached hydrogens (tertiary/aromatic N) is 1. The SMILES string of the molecule is C=C/C=C(/NC(=C)C(/C=C(\C=C)CNc1ccc2c(c1)OCC(=C)N2)=C/C)C(=C)N=O. The highest BCUT2D eigenvalue weighted by Crippen LogP contribution is 2.32. The molecule has 1 aromatic carbocycles. The fourth-order valence-electron chi connectivity index (χ4n) is 2.79. The van der Waals surface area contributed by atoms with Crippen molar-refractivity contribution in [3.63, 3.8) is 0 Å². The lowest BCUT2D eigenvalue weighted by atomic mass is 10.1. The van der Waals surface area contributed by atoms with E-state index in [2.05, 4.69) is 54.0 Å². The first-order valence-electron chi connectivity index (χ1n) is 9.68. The summed E-state index contributed by atoms with van der Waals surface area (Å²) >= 11 is 0. The van der Waals surface area contributed by atoms with Gasteiger partial charge in [0, 0.05) is 29.7 Å². The van der Waals surface area contributed by atoms with Gasteiger partial charge in [-0.05, 0) is 47.5 Å². The number of allylic oxidation sites excluding steroid dienone is 4. The van der Waals surface area contributed by atoms with Gasteiger partial charge in [-0.15, -0.1) is 4.91 Å². The number of hydrogen-bond donors (Lipinski definition) is 3. The Bertz CT molecular complexity index is 1010. The lowest BCUT2D eigenvalue weighted by Gasteiger charge is -2.21. The molecule has 1 aromatic rings. The van der Waals surface area contributed by atoms with Gasteiger partial charge in [0.2, 0.25) is 0 Å². The molecular formula is C25H28N4O2. The molecule has 1 heterocycles. The van der Waals surface area contributed by atoms with Crippen molar-refractivity contribution in [3.8, 4) is 5.75 Å². The quantitative estimate of drug-likeness (QED) is 0.308. The van der Waals surface area contributed by atoms with E-state index in [0.29, 0.717) is 24.5 Å². The van der Waals surface area contributed by atoms with Crippen molar-refractivity contribution < 1.29 is 4.74 Å². The molecule has 0 unspecified atom stereocenters. The van der Waals surface area contributed by atoms with Gasteiger partial charge in [-0.1, -0.05) is 51.1 Å². The highest BCUT2D eigenvalue weighted by molar-refractivity contribution is 5.67. The zero-order valence-electron chi connectivity index (χ0n) is 17.8. The fraction of sp³-hybridized carbons (Fsp3) is 0.120. The van der Waals surface area contributed by atoms with Gasteiger partial charge in [0.15, 0.2) is 0 Å². The molecule has 0 aromatic heterocycles. The van der Waals surface area contributed by atoms with Gasteiger partial charge in [-0.3, -0.25) is 0 Å². The molecule has 0 atom stereocenters. The van der Waals surface area contributed by atoms with E-state index in [1.807, 2.05) is 37.3 Å². The highest BCUT2D eigenvalue weighted by atomic mass is 16.5. The third kappa shape index (κ3) is 6.47. The first-order valence-corrected chi connectivity index (χ1v) is 9.68. The third-order valence-corrected chi connectivity index (χ3v) is 4.45. The second-order valence-electron chi connectivity index (χ2n) is 6.71. The first-order chi connectivity index (χ1) is 14.9. The minimum Gasteiger partial charge on any atom is -0.485 e. The number of rotatable bonds is 11. The maximum Gasteiger partial charge on any atom is 0.145 e. The summed E-state index contributed by atoms with van der Waals surface area (Å²) < 4.78 is 5.69. The predicted molar refractivity (Wildman–Crippen MR) is 131 cm³/mol. The minimum atomic E-state index is 0.0683. The van der Waals surface area contributed by atoms with Gasteiger partial charge in [0.1, 0.15) is 18.1 Å². The lowest BCUT2D eigenvalue weighted by molar-refractivity contribution is 0.347. The number of anilines is 2. The summed E-state index contributed by atoms with van der Waals surface area (Å²) in [7, 11) is 0. The van der Waals surface area contributed by atoms with Gasteiger partial charge in [-0.2, -0.15) is 0 Å². The van der Waals surface area contributed by atoms with E-state index in [4.69, 9.17) is 4.74 Å². The van der Waals surface area contributed by atoms with Crippen LogP contribution in [-0.4, -0.2) is 13.2 Å². The fourth-order valence-corrected chi connectivity index (χ4v) is 2.79. The largest absolute Gasteiger partial charge is 0.485 e. The summed E-state index contributed by atoms with van der Waals surface area (Å²) in [5.74, 6) is 0.777. The summed E-state index contributed by atoms with van der Waals surface area (Å²) in [6.07, 6.45) is 8.80. The molecule has 1 aliphatic rings. The number of nitroso groups, excluding NO2 is 1. The van der Waals surface area contributed by atoms with Crippen LogP contribution < -0.4 is 20.7 Å². The van der Waals surface area contributed by atoms with Crippen molar-refractivity contribution in [2.24, 2.45) is 5.18 Å². The van der Waals surface area contributed by atoms with Crippen LogP contribution in [0, 0.1) is 4.91 Å². The molecule has 6 nitrogen and oxygen atoms in total. The Balaban J connectivity index is 2.09. The van der Waals surface area contributed by atoms with Crippen LogP contribution in [0.15, 0.2) is 121 Å². The average Bonchev–Trinajstić information content (AvgIpc) is 2.78. The van der Waals surface area contributed by atoms with E-state index in [1.54, 1.807) is 18.2 Å². The van der Waals surface area contributed by atoms with Gasteiger partial charge in [0.05, 0.1) is 11.4 Å². The maximum atomic E-state index is 10.8. The third-order valence-electron chi connectivity index (χ3n) is 4.45. The van der Waals surface area contributed by atoms with Crippen molar-refractivity contribution >= 4 is 11.4 Å². The van der Waals surface area contributed by atoms with Crippen LogP contribution in [0.3, 0.4) is 0 Å². The van der Waals surface area contributed by atoms with Gasteiger partial charge < -0.3 is 20.7 Å². The van der Waals surface area contributed by atoms with Crippen LogP contribution >= 0.6 is 0 Å². The Morgan fingerprint density at radius 2 is 2.10 bits per heavy atom. The summed E-state index contributed by atoms with van der Waals surface area (Å²) in [5.41, 5.74) is 5.53. The summed E-state index contributed by atoms with van der Waals surface area (Å²) in [6.45, 7) is 22.0. The molecule has 1 aliphatic heterocycles. The summed E-state index contributed by atoms with van der Waals surface area (Å²) in [6, 6.07) is 5.86. The van der Waals surface area contributed by atoms with E-state index < -0.39 is 0 Å². The van der Waals surface area contributed by atoms with Crippen molar-refractivity contribution in [3.05, 3.63) is 120 Å². The summed E-state index contributed by atoms with van der Waals surface area (Å²) in [5, 5.41) is 12.5. The van der Waals surface area contributed by atoms with Crippen LogP contribution in [0.4, 0.5) is 11.4 Å². The molecular weight excluding hydrogens is 388 g/mol.